The topological polar surface area (TPSA) is 49.3 Å². The van der Waals surface area contributed by atoms with Gasteiger partial charge in [0.05, 0.1) is 6.42 Å². The molecule has 0 spiro atoms. The van der Waals surface area contributed by atoms with Crippen LogP contribution in [0.5, 0.6) is 0 Å². The zero-order chi connectivity index (χ0) is 12.5. The van der Waals surface area contributed by atoms with E-state index in [0.29, 0.717) is 0 Å². The third-order valence-electron chi connectivity index (χ3n) is 2.66. The van der Waals surface area contributed by atoms with Crippen LogP contribution in [0.1, 0.15) is 37.3 Å². The van der Waals surface area contributed by atoms with Gasteiger partial charge in [0.1, 0.15) is 0 Å². The summed E-state index contributed by atoms with van der Waals surface area (Å²) in [6.07, 6.45) is 3.83. The van der Waals surface area contributed by atoms with E-state index in [2.05, 4.69) is 12.2 Å². The number of nitrogens with one attached hydrogen (secondary N) is 1. The van der Waals surface area contributed by atoms with Gasteiger partial charge in [0.25, 0.3) is 0 Å². The van der Waals surface area contributed by atoms with Crippen molar-refractivity contribution in [3.8, 4) is 0 Å². The van der Waals surface area contributed by atoms with Gasteiger partial charge in [-0.2, -0.15) is 0 Å². The average molecular weight is 235 g/mol. The van der Waals surface area contributed by atoms with Gasteiger partial charge in [0.2, 0.25) is 0 Å². The highest BCUT2D eigenvalue weighted by Crippen LogP contribution is 2.05. The lowest BCUT2D eigenvalue weighted by Gasteiger charge is -2.05. The Morgan fingerprint density at radius 3 is 2.41 bits per heavy atom. The van der Waals surface area contributed by atoms with E-state index in [0.717, 1.165) is 18.7 Å². The van der Waals surface area contributed by atoms with Crippen molar-refractivity contribution in [1.29, 1.82) is 0 Å². The second kappa shape index (κ2) is 7.85. The first-order chi connectivity index (χ1) is 8.22. The fourth-order valence-corrected chi connectivity index (χ4v) is 1.68. The molecule has 0 atom stereocenters. The molecule has 0 aliphatic rings. The van der Waals surface area contributed by atoms with Gasteiger partial charge in [-0.25, -0.2) is 0 Å². The van der Waals surface area contributed by atoms with E-state index in [1.54, 1.807) is 0 Å². The summed E-state index contributed by atoms with van der Waals surface area (Å²) in [5.41, 5.74) is 2.06. The maximum Gasteiger partial charge on any atom is 0.307 e. The van der Waals surface area contributed by atoms with Crippen molar-refractivity contribution < 1.29 is 9.90 Å². The lowest BCUT2D eigenvalue weighted by Crippen LogP contribution is -2.14. The number of unbranched alkanes of at least 4 members (excludes halogenated alkanes) is 2. The summed E-state index contributed by atoms with van der Waals surface area (Å²) in [6, 6.07) is 7.75. The predicted molar refractivity (Wildman–Crippen MR) is 69.0 cm³/mol. The molecule has 0 fully saturated rings. The van der Waals surface area contributed by atoms with Crippen molar-refractivity contribution in [3.63, 3.8) is 0 Å². The molecule has 1 aromatic rings. The van der Waals surface area contributed by atoms with Crippen LogP contribution >= 0.6 is 0 Å². The summed E-state index contributed by atoms with van der Waals surface area (Å²) in [5.74, 6) is -0.782. The normalized spacial score (nSPS) is 10.4. The Morgan fingerprint density at radius 2 is 1.82 bits per heavy atom. The van der Waals surface area contributed by atoms with Gasteiger partial charge < -0.3 is 10.4 Å². The summed E-state index contributed by atoms with van der Waals surface area (Å²) in [4.78, 5) is 10.5. The lowest BCUT2D eigenvalue weighted by molar-refractivity contribution is -0.136. The van der Waals surface area contributed by atoms with Crippen LogP contribution in [0.3, 0.4) is 0 Å². The summed E-state index contributed by atoms with van der Waals surface area (Å²) < 4.78 is 0. The molecule has 0 bridgehead atoms. The molecule has 3 nitrogen and oxygen atoms in total. The SMILES string of the molecule is CCCCCNCc1ccc(CC(=O)O)cc1. The summed E-state index contributed by atoms with van der Waals surface area (Å²) in [6.45, 7) is 4.10. The molecule has 3 heteroatoms. The third-order valence-corrected chi connectivity index (χ3v) is 2.66. The van der Waals surface area contributed by atoms with E-state index in [9.17, 15) is 4.79 Å². The van der Waals surface area contributed by atoms with Gasteiger partial charge in [0, 0.05) is 6.54 Å². The first-order valence-electron chi connectivity index (χ1n) is 6.22. The smallest absolute Gasteiger partial charge is 0.307 e. The van der Waals surface area contributed by atoms with Gasteiger partial charge in [-0.05, 0) is 24.1 Å². The summed E-state index contributed by atoms with van der Waals surface area (Å²) in [7, 11) is 0. The minimum atomic E-state index is -0.782. The van der Waals surface area contributed by atoms with Crippen LogP contribution in [-0.4, -0.2) is 17.6 Å². The van der Waals surface area contributed by atoms with Gasteiger partial charge in [0.15, 0.2) is 0 Å². The second-order valence-corrected chi connectivity index (χ2v) is 4.27. The van der Waals surface area contributed by atoms with Gasteiger partial charge in [-0.3, -0.25) is 4.79 Å². The number of carboxylic acid groups (broad SMARTS) is 1. The molecule has 0 heterocycles. The molecule has 0 aliphatic heterocycles. The zero-order valence-electron chi connectivity index (χ0n) is 10.4. The largest absolute Gasteiger partial charge is 0.481 e. The fourth-order valence-electron chi connectivity index (χ4n) is 1.68. The predicted octanol–water partition coefficient (Wildman–Crippen LogP) is 2.59. The standard InChI is InChI=1S/C14H21NO2/c1-2-3-4-9-15-11-13-7-5-12(6-8-13)10-14(16)17/h5-8,15H,2-4,9-11H2,1H3,(H,16,17). The van der Waals surface area contributed by atoms with Gasteiger partial charge in [-0.1, -0.05) is 44.0 Å². The van der Waals surface area contributed by atoms with Crippen molar-refractivity contribution in [2.45, 2.75) is 39.2 Å². The lowest BCUT2D eigenvalue weighted by atomic mass is 10.1. The van der Waals surface area contributed by atoms with Crippen LogP contribution in [0.15, 0.2) is 24.3 Å². The summed E-state index contributed by atoms with van der Waals surface area (Å²) >= 11 is 0. The number of benzene rings is 1. The Hall–Kier alpha value is -1.35. The first-order valence-corrected chi connectivity index (χ1v) is 6.22. The molecule has 94 valence electrons. The average Bonchev–Trinajstić information content (AvgIpc) is 2.30. The minimum Gasteiger partial charge on any atom is -0.481 e. The second-order valence-electron chi connectivity index (χ2n) is 4.27. The maximum atomic E-state index is 10.5. The zero-order valence-corrected chi connectivity index (χ0v) is 10.4. The Labute approximate surface area is 103 Å². The molecule has 0 aliphatic carbocycles. The van der Waals surface area contributed by atoms with Crippen LogP contribution in [0, 0.1) is 0 Å². The Bertz CT molecular complexity index is 333. The van der Waals surface area contributed by atoms with Crippen molar-refractivity contribution in [1.82, 2.24) is 5.32 Å². The van der Waals surface area contributed by atoms with Crippen molar-refractivity contribution >= 4 is 5.97 Å². The van der Waals surface area contributed by atoms with Crippen LogP contribution in [-0.2, 0) is 17.8 Å². The molecule has 0 saturated carbocycles. The van der Waals surface area contributed by atoms with Crippen LogP contribution in [0.4, 0.5) is 0 Å². The molecule has 0 aromatic heterocycles. The molecule has 0 radical (unpaired) electrons. The third kappa shape index (κ3) is 6.07. The quantitative estimate of drug-likeness (QED) is 0.681. The monoisotopic (exact) mass is 235 g/mol. The van der Waals surface area contributed by atoms with E-state index in [1.165, 1.54) is 24.8 Å². The molecule has 0 amide bonds. The highest BCUT2D eigenvalue weighted by Gasteiger charge is 1.99. The number of carbonyl (C=O) groups is 1. The molecular weight excluding hydrogens is 214 g/mol. The summed E-state index contributed by atoms with van der Waals surface area (Å²) in [5, 5.41) is 12.0. The maximum absolute atomic E-state index is 10.5. The number of carboxylic acids is 1. The molecule has 1 rings (SSSR count). The van der Waals surface area contributed by atoms with Crippen molar-refractivity contribution in [2.75, 3.05) is 6.54 Å². The number of hydrogen-bond donors (Lipinski definition) is 2. The van der Waals surface area contributed by atoms with E-state index in [4.69, 9.17) is 5.11 Å². The molecule has 0 saturated heterocycles. The minimum absolute atomic E-state index is 0.101. The van der Waals surface area contributed by atoms with E-state index in [-0.39, 0.29) is 6.42 Å². The van der Waals surface area contributed by atoms with Crippen LogP contribution < -0.4 is 5.32 Å². The fraction of sp³-hybridized carbons (Fsp3) is 0.500. The number of aliphatic carboxylic acids is 1. The number of rotatable bonds is 8. The van der Waals surface area contributed by atoms with Crippen LogP contribution in [0.25, 0.3) is 0 Å². The van der Waals surface area contributed by atoms with E-state index in [1.807, 2.05) is 24.3 Å². The van der Waals surface area contributed by atoms with E-state index >= 15 is 0 Å². The van der Waals surface area contributed by atoms with Crippen molar-refractivity contribution in [2.24, 2.45) is 0 Å². The molecule has 2 N–H and O–H groups in total. The molecule has 17 heavy (non-hydrogen) atoms. The number of hydrogen-bond acceptors (Lipinski definition) is 2. The molecule has 1 aromatic carbocycles. The highest BCUT2D eigenvalue weighted by atomic mass is 16.4. The van der Waals surface area contributed by atoms with E-state index < -0.39 is 5.97 Å². The highest BCUT2D eigenvalue weighted by molar-refractivity contribution is 5.70. The first kappa shape index (κ1) is 13.7. The molecule has 0 unspecified atom stereocenters. The van der Waals surface area contributed by atoms with Gasteiger partial charge >= 0.3 is 5.97 Å². The van der Waals surface area contributed by atoms with Crippen LogP contribution in [0.2, 0.25) is 0 Å². The molecular formula is C14H21NO2. The van der Waals surface area contributed by atoms with Crippen molar-refractivity contribution in [3.05, 3.63) is 35.4 Å². The Morgan fingerprint density at radius 1 is 1.18 bits per heavy atom. The van der Waals surface area contributed by atoms with Gasteiger partial charge in [-0.15, -0.1) is 0 Å². The Balaban J connectivity index is 2.28. The Kier molecular flexibility index (Phi) is 6.33.